The number of halogens is 5. The number of morpholine rings is 1. The van der Waals surface area contributed by atoms with Crippen LogP contribution in [-0.4, -0.2) is 56.7 Å². The molecule has 3 aromatic carbocycles. The number of aromatic nitrogens is 3. The second kappa shape index (κ2) is 15.3. The number of imidazole rings is 1. The van der Waals surface area contributed by atoms with Gasteiger partial charge >= 0.3 is 6.09 Å². The minimum absolute atomic E-state index is 0.0747. The third-order valence-electron chi connectivity index (χ3n) is 8.62. The molecule has 272 valence electrons. The first kappa shape index (κ1) is 36.8. The first-order valence-electron chi connectivity index (χ1n) is 16.6. The van der Waals surface area contributed by atoms with Crippen molar-refractivity contribution in [2.24, 2.45) is 0 Å². The molecule has 1 aliphatic heterocycles. The van der Waals surface area contributed by atoms with E-state index in [0.717, 1.165) is 18.3 Å². The van der Waals surface area contributed by atoms with E-state index in [1.165, 1.54) is 35.4 Å². The topological polar surface area (TPSA) is 109 Å². The Morgan fingerprint density at radius 2 is 1.73 bits per heavy atom. The van der Waals surface area contributed by atoms with E-state index in [9.17, 15) is 22.8 Å². The van der Waals surface area contributed by atoms with E-state index in [0.29, 0.717) is 33.5 Å². The van der Waals surface area contributed by atoms with E-state index in [1.54, 1.807) is 39.0 Å². The number of anilines is 1. The summed E-state index contributed by atoms with van der Waals surface area (Å²) in [5.41, 5.74) is 1.47. The predicted molar refractivity (Wildman–Crippen MR) is 187 cm³/mol. The van der Waals surface area contributed by atoms with Crippen LogP contribution in [-0.2, 0) is 20.7 Å². The highest BCUT2D eigenvalue weighted by Gasteiger charge is 2.37. The summed E-state index contributed by atoms with van der Waals surface area (Å²) in [7, 11) is 0. The van der Waals surface area contributed by atoms with E-state index in [-0.39, 0.29) is 49.2 Å². The van der Waals surface area contributed by atoms with Crippen molar-refractivity contribution in [1.82, 2.24) is 19.9 Å². The smallest absolute Gasteiger partial charge is 0.411 e. The highest BCUT2D eigenvalue weighted by molar-refractivity contribution is 6.31. The molecule has 0 radical (unpaired) electrons. The van der Waals surface area contributed by atoms with Gasteiger partial charge in [0.1, 0.15) is 40.7 Å². The van der Waals surface area contributed by atoms with Gasteiger partial charge in [0, 0.05) is 29.0 Å². The van der Waals surface area contributed by atoms with Crippen molar-refractivity contribution in [3.8, 4) is 0 Å². The van der Waals surface area contributed by atoms with Crippen LogP contribution < -0.4 is 5.32 Å². The quantitative estimate of drug-likeness (QED) is 0.147. The summed E-state index contributed by atoms with van der Waals surface area (Å²) < 4.78 is 69.3. The lowest BCUT2D eigenvalue weighted by atomic mass is 9.88. The van der Waals surface area contributed by atoms with Crippen LogP contribution >= 0.6 is 11.6 Å². The third kappa shape index (κ3) is 8.88. The van der Waals surface area contributed by atoms with Crippen molar-refractivity contribution in [1.29, 1.82) is 0 Å². The van der Waals surface area contributed by atoms with Gasteiger partial charge in [-0.1, -0.05) is 23.7 Å². The van der Waals surface area contributed by atoms with Crippen molar-refractivity contribution in [2.45, 2.75) is 63.7 Å². The number of benzene rings is 3. The molecule has 52 heavy (non-hydrogen) atoms. The number of rotatable bonds is 9. The van der Waals surface area contributed by atoms with Gasteiger partial charge in [0.05, 0.1) is 48.4 Å². The first-order chi connectivity index (χ1) is 24.7. The average Bonchev–Trinajstić information content (AvgIpc) is 3.49. The van der Waals surface area contributed by atoms with Gasteiger partial charge in [-0.15, -0.1) is 0 Å². The lowest BCUT2D eigenvalue weighted by Crippen LogP contribution is -2.49. The Labute approximate surface area is 302 Å². The number of ether oxygens (including phenoxy) is 2. The zero-order valence-electron chi connectivity index (χ0n) is 28.6. The number of carbonyl (C=O) groups is 2. The second-order valence-corrected chi connectivity index (χ2v) is 14.1. The molecular formula is C38H36ClF4N5O4. The van der Waals surface area contributed by atoms with Crippen molar-refractivity contribution in [2.75, 3.05) is 18.5 Å². The Bertz CT molecular complexity index is 2070. The molecule has 0 aliphatic carbocycles. The molecule has 6 rings (SSSR count). The molecule has 14 heteroatoms. The van der Waals surface area contributed by atoms with Crippen LogP contribution in [0.15, 0.2) is 73.1 Å². The molecule has 2 aromatic heterocycles. The van der Waals surface area contributed by atoms with Crippen molar-refractivity contribution in [3.63, 3.8) is 0 Å². The molecule has 5 aromatic rings. The van der Waals surface area contributed by atoms with Crippen molar-refractivity contribution in [3.05, 3.63) is 124 Å². The van der Waals surface area contributed by atoms with Crippen LogP contribution in [0, 0.1) is 23.3 Å². The predicted octanol–water partition coefficient (Wildman–Crippen LogP) is 8.64. The maximum Gasteiger partial charge on any atom is 0.411 e. The van der Waals surface area contributed by atoms with Crippen LogP contribution in [0.3, 0.4) is 0 Å². The monoisotopic (exact) mass is 737 g/mol. The Hall–Kier alpha value is -5.01. The van der Waals surface area contributed by atoms with Crippen molar-refractivity contribution < 1.29 is 36.6 Å². The fourth-order valence-corrected chi connectivity index (χ4v) is 6.39. The minimum Gasteiger partial charge on any atom is -0.444 e. The number of hydrogen-bond donors (Lipinski definition) is 2. The highest BCUT2D eigenvalue weighted by atomic mass is 35.5. The van der Waals surface area contributed by atoms with E-state index in [4.69, 9.17) is 21.1 Å². The van der Waals surface area contributed by atoms with E-state index in [2.05, 4.69) is 20.3 Å². The van der Waals surface area contributed by atoms with E-state index >= 15 is 4.39 Å². The third-order valence-corrected chi connectivity index (χ3v) is 8.85. The molecule has 3 atom stereocenters. The molecular weight excluding hydrogens is 702 g/mol. The maximum atomic E-state index is 15.3. The summed E-state index contributed by atoms with van der Waals surface area (Å²) in [5.74, 6) is -3.79. The van der Waals surface area contributed by atoms with Crippen LogP contribution in [0.1, 0.15) is 68.1 Å². The molecule has 0 bridgehead atoms. The maximum absolute atomic E-state index is 15.3. The summed E-state index contributed by atoms with van der Waals surface area (Å²) in [4.78, 5) is 40.2. The number of carbonyl (C=O) groups excluding carboxylic acids is 2. The van der Waals surface area contributed by atoms with Gasteiger partial charge < -0.3 is 19.8 Å². The first-order valence-corrected chi connectivity index (χ1v) is 17.0. The minimum atomic E-state index is -0.845. The number of nitrogens with zero attached hydrogens (tertiary/aromatic N) is 3. The van der Waals surface area contributed by atoms with Gasteiger partial charge in [0.15, 0.2) is 0 Å². The molecule has 3 heterocycles. The number of H-pyrrole nitrogens is 1. The fraction of sp³-hybridized carbons (Fsp3) is 0.316. The Balaban J connectivity index is 1.18. The molecule has 2 N–H and O–H groups in total. The fourth-order valence-electron chi connectivity index (χ4n) is 6.21. The molecule has 1 saturated heterocycles. The highest BCUT2D eigenvalue weighted by Crippen LogP contribution is 2.33. The molecule has 1 fully saturated rings. The molecule has 0 spiro atoms. The number of aromatic amines is 1. The molecule has 9 nitrogen and oxygen atoms in total. The van der Waals surface area contributed by atoms with Crippen LogP contribution in [0.4, 0.5) is 28.0 Å². The Kier molecular flexibility index (Phi) is 10.8. The lowest BCUT2D eigenvalue weighted by Gasteiger charge is -2.39. The zero-order chi connectivity index (χ0) is 37.2. The van der Waals surface area contributed by atoms with Crippen LogP contribution in [0.5, 0.6) is 0 Å². The average molecular weight is 738 g/mol. The zero-order valence-corrected chi connectivity index (χ0v) is 29.3. The summed E-state index contributed by atoms with van der Waals surface area (Å²) >= 11 is 6.16. The number of fused-ring (bicyclic) bond motifs is 1. The Morgan fingerprint density at radius 1 is 1.00 bits per heavy atom. The summed E-state index contributed by atoms with van der Waals surface area (Å²) in [6, 6.07) is 12.8. The van der Waals surface area contributed by atoms with Gasteiger partial charge in [0.2, 0.25) is 5.91 Å². The molecule has 0 saturated carbocycles. The summed E-state index contributed by atoms with van der Waals surface area (Å²) in [6.45, 7) is 5.48. The second-order valence-electron chi connectivity index (χ2n) is 13.6. The number of amides is 2. The summed E-state index contributed by atoms with van der Waals surface area (Å²) in [6.07, 6.45) is 1.29. The van der Waals surface area contributed by atoms with E-state index < -0.39 is 58.9 Å². The molecule has 1 aliphatic rings. The lowest BCUT2D eigenvalue weighted by molar-refractivity contribution is -0.116. The van der Waals surface area contributed by atoms with Gasteiger partial charge in [-0.3, -0.25) is 14.7 Å². The van der Waals surface area contributed by atoms with Crippen LogP contribution in [0.25, 0.3) is 11.0 Å². The number of nitrogens with one attached hydrogen (secondary N) is 2. The Morgan fingerprint density at radius 3 is 2.44 bits per heavy atom. The van der Waals surface area contributed by atoms with E-state index in [1.807, 2.05) is 0 Å². The van der Waals surface area contributed by atoms with Crippen LogP contribution in [0.2, 0.25) is 5.02 Å². The van der Waals surface area contributed by atoms with Gasteiger partial charge in [0.25, 0.3) is 0 Å². The van der Waals surface area contributed by atoms with Gasteiger partial charge in [-0.2, -0.15) is 0 Å². The van der Waals surface area contributed by atoms with Gasteiger partial charge in [-0.25, -0.2) is 27.3 Å². The molecule has 3 unspecified atom stereocenters. The number of pyridine rings is 1. The number of hydrogen-bond acceptors (Lipinski definition) is 6. The summed E-state index contributed by atoms with van der Waals surface area (Å²) in [5, 5.41) is 3.23. The standard InChI is InChI=1S/C38H36ClF4N5O4/c1-38(2,3)52-37(50)48-19-27(51-20-34(48)36-46-31-11-6-23(39)14-32(31)47-36)9-10-28-30(43)17-44-18-33(28)45-35(49)16-29(21-4-7-24(40)8-5-21)22-12-25(41)15-26(42)13-22/h4-8,11-15,17-18,27,29,34H,9-10,16,19-20H2,1-3H3,(H,45,49)(H,46,47). The van der Waals surface area contributed by atoms with Crippen molar-refractivity contribution >= 4 is 40.3 Å². The normalized spacial score (nSPS) is 16.9. The van der Waals surface area contributed by atoms with Gasteiger partial charge in [-0.05, 0) is 87.2 Å². The largest absolute Gasteiger partial charge is 0.444 e. The SMILES string of the molecule is CC(C)(C)OC(=O)N1CC(CCc2c(F)cncc2NC(=O)CC(c2ccc(F)cc2)c2cc(F)cc(F)c2)OCC1c1nc2ccc(Cl)cc2[nH]1. The molecule has 2 amide bonds.